The van der Waals surface area contributed by atoms with Gasteiger partial charge in [-0.3, -0.25) is 0 Å². The van der Waals surface area contributed by atoms with Crippen LogP contribution in [0.25, 0.3) is 0 Å². The molecular formula is C13H25N3. The van der Waals surface area contributed by atoms with Crippen molar-refractivity contribution in [2.75, 3.05) is 7.05 Å². The molecule has 0 radical (unpaired) electrons. The second-order valence-corrected chi connectivity index (χ2v) is 4.49. The Morgan fingerprint density at radius 3 is 2.75 bits per heavy atom. The van der Waals surface area contributed by atoms with E-state index in [0.29, 0.717) is 6.04 Å². The molecular weight excluding hydrogens is 198 g/mol. The Hall–Kier alpha value is -0.830. The molecule has 1 heterocycles. The first kappa shape index (κ1) is 13.2. The minimum Gasteiger partial charge on any atom is -0.338 e. The van der Waals surface area contributed by atoms with Crippen LogP contribution in [0, 0.1) is 0 Å². The highest BCUT2D eigenvalue weighted by Crippen LogP contribution is 2.09. The van der Waals surface area contributed by atoms with E-state index in [1.54, 1.807) is 0 Å². The van der Waals surface area contributed by atoms with E-state index in [4.69, 9.17) is 0 Å². The standard InChI is InChI=1S/C13H25N3/c1-4-5-6-7-8-12(14-2)11-13-15-9-10-16(13)3/h9-10,12,14H,4-8,11H2,1-3H3. The maximum atomic E-state index is 4.37. The van der Waals surface area contributed by atoms with Gasteiger partial charge in [0.05, 0.1) is 0 Å². The number of aryl methyl sites for hydroxylation is 1. The predicted molar refractivity (Wildman–Crippen MR) is 68.5 cm³/mol. The molecule has 1 aromatic heterocycles. The van der Waals surface area contributed by atoms with Gasteiger partial charge in [-0.25, -0.2) is 4.98 Å². The van der Waals surface area contributed by atoms with Crippen molar-refractivity contribution < 1.29 is 0 Å². The molecule has 0 saturated carbocycles. The zero-order chi connectivity index (χ0) is 11.8. The quantitative estimate of drug-likeness (QED) is 0.686. The van der Waals surface area contributed by atoms with Gasteiger partial charge in [-0.15, -0.1) is 0 Å². The fourth-order valence-electron chi connectivity index (χ4n) is 1.98. The first-order valence-corrected chi connectivity index (χ1v) is 6.41. The lowest BCUT2D eigenvalue weighted by Crippen LogP contribution is -2.28. The van der Waals surface area contributed by atoms with E-state index in [1.807, 2.05) is 19.4 Å². The average Bonchev–Trinajstić information content (AvgIpc) is 2.68. The average molecular weight is 223 g/mol. The Balaban J connectivity index is 2.29. The number of likely N-dealkylation sites (N-methyl/N-ethyl adjacent to an activating group) is 1. The summed E-state index contributed by atoms with van der Waals surface area (Å²) in [6.07, 6.45) is 11.5. The molecule has 1 aromatic rings. The molecule has 92 valence electrons. The van der Waals surface area contributed by atoms with Gasteiger partial charge >= 0.3 is 0 Å². The Kier molecular flexibility index (Phi) is 6.16. The number of unbranched alkanes of at least 4 members (excludes halogenated alkanes) is 3. The molecule has 0 aliphatic rings. The van der Waals surface area contributed by atoms with Gasteiger partial charge < -0.3 is 9.88 Å². The Morgan fingerprint density at radius 1 is 1.38 bits per heavy atom. The van der Waals surface area contributed by atoms with Crippen molar-refractivity contribution in [1.29, 1.82) is 0 Å². The highest BCUT2D eigenvalue weighted by Gasteiger charge is 2.09. The van der Waals surface area contributed by atoms with Crippen LogP contribution in [0.15, 0.2) is 12.4 Å². The van der Waals surface area contributed by atoms with Crippen molar-refractivity contribution in [2.24, 2.45) is 7.05 Å². The monoisotopic (exact) mass is 223 g/mol. The number of aromatic nitrogens is 2. The van der Waals surface area contributed by atoms with Crippen molar-refractivity contribution in [2.45, 2.75) is 51.5 Å². The van der Waals surface area contributed by atoms with Crippen molar-refractivity contribution in [1.82, 2.24) is 14.9 Å². The molecule has 1 atom stereocenters. The number of imidazole rings is 1. The number of hydrogen-bond acceptors (Lipinski definition) is 2. The smallest absolute Gasteiger partial charge is 0.109 e. The lowest BCUT2D eigenvalue weighted by molar-refractivity contribution is 0.472. The molecule has 1 unspecified atom stereocenters. The van der Waals surface area contributed by atoms with Crippen LogP contribution < -0.4 is 5.32 Å². The Morgan fingerprint density at radius 2 is 2.19 bits per heavy atom. The van der Waals surface area contributed by atoms with Crippen molar-refractivity contribution in [3.05, 3.63) is 18.2 Å². The number of nitrogens with one attached hydrogen (secondary N) is 1. The van der Waals surface area contributed by atoms with E-state index >= 15 is 0 Å². The summed E-state index contributed by atoms with van der Waals surface area (Å²) in [7, 11) is 4.11. The minimum atomic E-state index is 0.568. The molecule has 0 aliphatic heterocycles. The molecule has 16 heavy (non-hydrogen) atoms. The second-order valence-electron chi connectivity index (χ2n) is 4.49. The Labute approximate surface area is 99.3 Å². The van der Waals surface area contributed by atoms with E-state index in [2.05, 4.69) is 28.8 Å². The number of nitrogens with zero attached hydrogens (tertiary/aromatic N) is 2. The third-order valence-corrected chi connectivity index (χ3v) is 3.16. The van der Waals surface area contributed by atoms with Gasteiger partial charge in [0.25, 0.3) is 0 Å². The lowest BCUT2D eigenvalue weighted by atomic mass is 10.0. The molecule has 1 N–H and O–H groups in total. The van der Waals surface area contributed by atoms with Gasteiger partial charge in [0, 0.05) is 31.9 Å². The molecule has 3 nitrogen and oxygen atoms in total. The molecule has 0 saturated heterocycles. The lowest BCUT2D eigenvalue weighted by Gasteiger charge is -2.15. The molecule has 0 aliphatic carbocycles. The SMILES string of the molecule is CCCCCCC(Cc1nccn1C)NC. The van der Waals surface area contributed by atoms with E-state index in [0.717, 1.165) is 6.42 Å². The highest BCUT2D eigenvalue weighted by molar-refractivity contribution is 4.94. The number of rotatable bonds is 8. The van der Waals surface area contributed by atoms with Crippen molar-refractivity contribution in [3.8, 4) is 0 Å². The summed E-state index contributed by atoms with van der Waals surface area (Å²) in [6, 6.07) is 0.568. The fourth-order valence-corrected chi connectivity index (χ4v) is 1.98. The van der Waals surface area contributed by atoms with Crippen LogP contribution in [-0.2, 0) is 13.5 Å². The third-order valence-electron chi connectivity index (χ3n) is 3.16. The fraction of sp³-hybridized carbons (Fsp3) is 0.769. The molecule has 0 spiro atoms. The summed E-state index contributed by atoms with van der Waals surface area (Å²) in [4.78, 5) is 4.37. The zero-order valence-corrected chi connectivity index (χ0v) is 10.9. The van der Waals surface area contributed by atoms with Gasteiger partial charge in [-0.2, -0.15) is 0 Å². The van der Waals surface area contributed by atoms with Gasteiger partial charge in [-0.05, 0) is 13.5 Å². The summed E-state index contributed by atoms with van der Waals surface area (Å²) in [5.41, 5.74) is 0. The third kappa shape index (κ3) is 4.35. The van der Waals surface area contributed by atoms with Crippen molar-refractivity contribution >= 4 is 0 Å². The summed E-state index contributed by atoms with van der Waals surface area (Å²) < 4.78 is 2.11. The molecule has 0 aromatic carbocycles. The molecule has 0 fully saturated rings. The van der Waals surface area contributed by atoms with Gasteiger partial charge in [-0.1, -0.05) is 32.6 Å². The first-order chi connectivity index (χ1) is 7.77. The summed E-state index contributed by atoms with van der Waals surface area (Å²) >= 11 is 0. The minimum absolute atomic E-state index is 0.568. The normalized spacial score (nSPS) is 12.9. The van der Waals surface area contributed by atoms with Crippen LogP contribution in [0.5, 0.6) is 0 Å². The summed E-state index contributed by atoms with van der Waals surface area (Å²) in [6.45, 7) is 2.25. The molecule has 3 heteroatoms. The van der Waals surface area contributed by atoms with Gasteiger partial charge in [0.2, 0.25) is 0 Å². The van der Waals surface area contributed by atoms with E-state index in [1.165, 1.54) is 37.9 Å². The molecule has 1 rings (SSSR count). The topological polar surface area (TPSA) is 29.9 Å². The zero-order valence-electron chi connectivity index (χ0n) is 10.9. The highest BCUT2D eigenvalue weighted by atomic mass is 15.0. The number of hydrogen-bond donors (Lipinski definition) is 1. The van der Waals surface area contributed by atoms with Crippen LogP contribution in [0.4, 0.5) is 0 Å². The van der Waals surface area contributed by atoms with Gasteiger partial charge in [0.1, 0.15) is 5.82 Å². The predicted octanol–water partition coefficient (Wildman–Crippen LogP) is 2.52. The molecule has 0 bridgehead atoms. The van der Waals surface area contributed by atoms with Crippen LogP contribution in [-0.4, -0.2) is 22.6 Å². The van der Waals surface area contributed by atoms with E-state index < -0.39 is 0 Å². The summed E-state index contributed by atoms with van der Waals surface area (Å²) in [5.74, 6) is 1.18. The van der Waals surface area contributed by atoms with Gasteiger partial charge in [0.15, 0.2) is 0 Å². The second kappa shape index (κ2) is 7.44. The van der Waals surface area contributed by atoms with E-state index in [9.17, 15) is 0 Å². The Bertz CT molecular complexity index is 280. The summed E-state index contributed by atoms with van der Waals surface area (Å²) in [5, 5.41) is 3.39. The maximum Gasteiger partial charge on any atom is 0.109 e. The van der Waals surface area contributed by atoms with Crippen LogP contribution in [0.3, 0.4) is 0 Å². The van der Waals surface area contributed by atoms with E-state index in [-0.39, 0.29) is 0 Å². The van der Waals surface area contributed by atoms with Crippen molar-refractivity contribution in [3.63, 3.8) is 0 Å². The van der Waals surface area contributed by atoms with Crippen LogP contribution >= 0.6 is 0 Å². The first-order valence-electron chi connectivity index (χ1n) is 6.41. The largest absolute Gasteiger partial charge is 0.338 e. The van der Waals surface area contributed by atoms with Crippen LogP contribution in [0.2, 0.25) is 0 Å². The van der Waals surface area contributed by atoms with Crippen LogP contribution in [0.1, 0.15) is 44.9 Å². The maximum absolute atomic E-state index is 4.37. The molecule has 0 amide bonds.